The number of hydrogen-bond donors (Lipinski definition) is 0. The van der Waals surface area contributed by atoms with Gasteiger partial charge in [-0.3, -0.25) is 50.6 Å². The Morgan fingerprint density at radius 2 is 1.00 bits per heavy atom. The minimum absolute atomic E-state index is 0.971. The van der Waals surface area contributed by atoms with Gasteiger partial charge in [0, 0.05) is 10.3 Å². The molecule has 0 aromatic heterocycles. The molecule has 0 amide bonds. The van der Waals surface area contributed by atoms with Gasteiger partial charge in [0.1, 0.15) is 19.7 Å². The lowest BCUT2D eigenvalue weighted by molar-refractivity contribution is -0.926. The lowest BCUT2D eigenvalue weighted by atomic mass is 9.78. The summed E-state index contributed by atoms with van der Waals surface area (Å²) in [5, 5.41) is 55.0. The van der Waals surface area contributed by atoms with Crippen LogP contribution >= 0.6 is 0 Å². The zero-order valence-corrected chi connectivity index (χ0v) is 11.5. The predicted molar refractivity (Wildman–Crippen MR) is 64.7 cm³/mol. The Hall–Kier alpha value is -3.00. The smallest absolute Gasteiger partial charge is 0.264 e. The molecule has 0 aliphatic rings. The molecule has 0 aromatic rings. The Bertz CT molecular complexity index is 510. The summed E-state index contributed by atoms with van der Waals surface area (Å²) in [6, 6.07) is -2.83. The molecule has 1 unspecified atom stereocenters. The second-order valence-electron chi connectivity index (χ2n) is 5.30. The molecule has 15 heteroatoms. The molecule has 0 N–H and O–H groups in total. The summed E-state index contributed by atoms with van der Waals surface area (Å²) in [5.74, 6) is 0. The highest BCUT2D eigenvalue weighted by Gasteiger charge is 2.89. The van der Waals surface area contributed by atoms with Gasteiger partial charge < -0.3 is 0 Å². The van der Waals surface area contributed by atoms with Gasteiger partial charge in [0.2, 0.25) is 0 Å². The van der Waals surface area contributed by atoms with Crippen LogP contribution in [0.4, 0.5) is 0 Å². The summed E-state index contributed by atoms with van der Waals surface area (Å²) in [7, 11) is 0. The number of nitro groups is 5. The van der Waals surface area contributed by atoms with Gasteiger partial charge in [-0.05, 0) is 0 Å². The summed E-state index contributed by atoms with van der Waals surface area (Å²) in [6.45, 7) is 2.91. The van der Waals surface area contributed by atoms with Crippen molar-refractivity contribution >= 4 is 0 Å². The third-order valence-corrected chi connectivity index (χ3v) is 2.80. The Labute approximate surface area is 120 Å². The van der Waals surface area contributed by atoms with E-state index in [-0.39, 0.29) is 0 Å². The van der Waals surface area contributed by atoms with E-state index in [4.69, 9.17) is 0 Å². The van der Waals surface area contributed by atoms with E-state index in [1.165, 1.54) is 0 Å². The highest BCUT2D eigenvalue weighted by molar-refractivity contribution is 4.89. The SMILES string of the molecule is CC(C)(C)C([N+](=O)[O-])C(C([N+](=O)[O-])[N+](=O)[O-])([N+](=O)[O-])[N+](=O)[O-]. The van der Waals surface area contributed by atoms with Crippen LogP contribution in [0.5, 0.6) is 0 Å². The van der Waals surface area contributed by atoms with Crippen molar-refractivity contribution < 1.29 is 24.6 Å². The molecule has 0 fully saturated rings. The Morgan fingerprint density at radius 3 is 1.14 bits per heavy atom. The van der Waals surface area contributed by atoms with Crippen molar-refractivity contribution in [3.63, 3.8) is 0 Å². The molecule has 15 nitrogen and oxygen atoms in total. The van der Waals surface area contributed by atoms with Crippen molar-refractivity contribution in [1.82, 2.24) is 0 Å². The maximum Gasteiger partial charge on any atom is 0.657 e. The molecule has 0 radical (unpaired) electrons. The van der Waals surface area contributed by atoms with Gasteiger partial charge in [-0.25, -0.2) is 0 Å². The van der Waals surface area contributed by atoms with E-state index in [1.54, 1.807) is 0 Å². The van der Waals surface area contributed by atoms with Crippen molar-refractivity contribution in [3.8, 4) is 0 Å². The molecule has 0 bridgehead atoms. The third-order valence-electron chi connectivity index (χ3n) is 2.80. The van der Waals surface area contributed by atoms with E-state index in [0.717, 1.165) is 20.8 Å². The molecule has 124 valence electrons. The molecule has 0 aromatic carbocycles. The molecule has 0 saturated heterocycles. The lowest BCUT2D eigenvalue weighted by Crippen LogP contribution is -2.72. The van der Waals surface area contributed by atoms with E-state index in [2.05, 4.69) is 0 Å². The Morgan fingerprint density at radius 1 is 0.682 bits per heavy atom. The van der Waals surface area contributed by atoms with Crippen LogP contribution < -0.4 is 0 Å². The van der Waals surface area contributed by atoms with Crippen LogP contribution in [0.2, 0.25) is 0 Å². The molecule has 0 aliphatic heterocycles. The fourth-order valence-corrected chi connectivity index (χ4v) is 2.09. The molecule has 1 atom stereocenters. The zero-order chi connectivity index (χ0) is 18.0. The zero-order valence-electron chi connectivity index (χ0n) is 11.5. The van der Waals surface area contributed by atoms with Crippen molar-refractivity contribution in [2.24, 2.45) is 5.41 Å². The molecule has 0 saturated carbocycles. The summed E-state index contributed by atoms with van der Waals surface area (Å²) >= 11 is 0. The normalized spacial score (nSPS) is 13.5. The Balaban J connectivity index is 6.90. The van der Waals surface area contributed by atoms with Crippen molar-refractivity contribution in [2.45, 2.75) is 38.6 Å². The van der Waals surface area contributed by atoms with Crippen LogP contribution in [0, 0.1) is 56.0 Å². The van der Waals surface area contributed by atoms with Gasteiger partial charge in [0.25, 0.3) is 0 Å². The largest absolute Gasteiger partial charge is 0.657 e. The highest BCUT2D eigenvalue weighted by atomic mass is 16.7. The maximum absolute atomic E-state index is 11.2. The standard InChI is InChI=1S/C7H11N5O10/c1-6(2,3)4(8(13)14)7(11(19)20,12(21)22)5(9(15)16)10(17)18/h4-5H,1-3H3. The first-order valence-corrected chi connectivity index (χ1v) is 5.41. The van der Waals surface area contributed by atoms with E-state index in [0.29, 0.717) is 0 Å². The summed E-state index contributed by atoms with van der Waals surface area (Å²) in [6.07, 6.45) is -3.63. The van der Waals surface area contributed by atoms with Crippen LogP contribution in [0.25, 0.3) is 0 Å². The summed E-state index contributed by atoms with van der Waals surface area (Å²) < 4.78 is 0. The van der Waals surface area contributed by atoms with Crippen molar-refractivity contribution in [2.75, 3.05) is 0 Å². The monoisotopic (exact) mass is 325 g/mol. The van der Waals surface area contributed by atoms with E-state index in [9.17, 15) is 50.6 Å². The highest BCUT2D eigenvalue weighted by Crippen LogP contribution is 2.36. The van der Waals surface area contributed by atoms with Crippen LogP contribution in [0.15, 0.2) is 0 Å². The first-order chi connectivity index (χ1) is 9.72. The van der Waals surface area contributed by atoms with Gasteiger partial charge in [-0.15, -0.1) is 0 Å². The average Bonchev–Trinajstić information content (AvgIpc) is 2.22. The average molecular weight is 325 g/mol. The minimum Gasteiger partial charge on any atom is -0.264 e. The first-order valence-electron chi connectivity index (χ1n) is 5.41. The van der Waals surface area contributed by atoms with Gasteiger partial charge in [0.15, 0.2) is 0 Å². The topological polar surface area (TPSA) is 216 Å². The molecule has 0 aliphatic carbocycles. The second-order valence-corrected chi connectivity index (χ2v) is 5.30. The van der Waals surface area contributed by atoms with E-state index in [1.807, 2.05) is 0 Å². The van der Waals surface area contributed by atoms with Crippen molar-refractivity contribution in [1.29, 1.82) is 0 Å². The fraction of sp³-hybridized carbons (Fsp3) is 1.00. The molecular weight excluding hydrogens is 314 g/mol. The van der Waals surface area contributed by atoms with Crippen molar-refractivity contribution in [3.05, 3.63) is 50.6 Å². The third kappa shape index (κ3) is 2.86. The summed E-state index contributed by atoms with van der Waals surface area (Å²) in [4.78, 5) is 45.9. The molecule has 0 rings (SSSR count). The molecule has 22 heavy (non-hydrogen) atoms. The van der Waals surface area contributed by atoms with E-state index >= 15 is 0 Å². The number of rotatable bonds is 7. The van der Waals surface area contributed by atoms with Crippen LogP contribution in [-0.4, -0.2) is 42.5 Å². The lowest BCUT2D eigenvalue weighted by Gasteiger charge is -2.26. The van der Waals surface area contributed by atoms with Crippen LogP contribution in [-0.2, 0) is 0 Å². The summed E-state index contributed by atoms with van der Waals surface area (Å²) in [5.41, 5.74) is -6.12. The first kappa shape index (κ1) is 19.0. The Kier molecular flexibility index (Phi) is 4.99. The van der Waals surface area contributed by atoms with Gasteiger partial charge in [-0.1, -0.05) is 20.8 Å². The quantitative estimate of drug-likeness (QED) is 0.341. The van der Waals surface area contributed by atoms with Gasteiger partial charge >= 0.3 is 17.9 Å². The van der Waals surface area contributed by atoms with Crippen LogP contribution in [0.1, 0.15) is 20.8 Å². The minimum atomic E-state index is -4.27. The molecule has 0 spiro atoms. The fourth-order valence-electron chi connectivity index (χ4n) is 2.09. The maximum atomic E-state index is 11.2. The van der Waals surface area contributed by atoms with Gasteiger partial charge in [0.05, 0.1) is 0 Å². The second kappa shape index (κ2) is 5.78. The number of nitrogens with zero attached hydrogens (tertiary/aromatic N) is 5. The van der Waals surface area contributed by atoms with E-state index < -0.39 is 47.9 Å². The van der Waals surface area contributed by atoms with Crippen LogP contribution in [0.3, 0.4) is 0 Å². The predicted octanol–water partition coefficient (Wildman–Crippen LogP) is -0.193. The van der Waals surface area contributed by atoms with Gasteiger partial charge in [-0.2, -0.15) is 0 Å². The molecular formula is C7H11N5O10. The number of hydrogen-bond acceptors (Lipinski definition) is 10. The molecule has 0 heterocycles.